The number of unbranched alkanes of at least 4 members (excludes halogenated alkanes) is 1. The zero-order valence-corrected chi connectivity index (χ0v) is 6.70. The van der Waals surface area contributed by atoms with E-state index in [1.165, 1.54) is 10.9 Å². The summed E-state index contributed by atoms with van der Waals surface area (Å²) in [5, 5.41) is 0. The number of rotatable bonds is 4. The van der Waals surface area contributed by atoms with Crippen LogP contribution in [0.3, 0.4) is 0 Å². The predicted octanol–water partition coefficient (Wildman–Crippen LogP) is 2.54. The average Bonchev–Trinajstić information content (AvgIpc) is 2.52. The summed E-state index contributed by atoms with van der Waals surface area (Å²) in [7, 11) is 0. The van der Waals surface area contributed by atoms with Gasteiger partial charge in [-0.1, -0.05) is 13.3 Å². The Labute approximate surface area is 66.1 Å². The molecular formula is C8H13FN2. The molecule has 0 aliphatic rings. The van der Waals surface area contributed by atoms with Gasteiger partial charge in [0.25, 0.3) is 0 Å². The molecule has 0 saturated heterocycles. The van der Waals surface area contributed by atoms with Gasteiger partial charge in [-0.2, -0.15) is 0 Å². The summed E-state index contributed by atoms with van der Waals surface area (Å²) in [5.74, 6) is 0. The molecule has 2 nitrogen and oxygen atoms in total. The molecule has 0 radical (unpaired) electrons. The Bertz CT molecular complexity index is 184. The first-order valence-corrected chi connectivity index (χ1v) is 3.96. The minimum absolute atomic E-state index is 0.590. The van der Waals surface area contributed by atoms with E-state index >= 15 is 0 Å². The van der Waals surface area contributed by atoms with Crippen molar-refractivity contribution >= 4 is 0 Å². The average molecular weight is 156 g/mol. The van der Waals surface area contributed by atoms with E-state index in [1.54, 1.807) is 12.4 Å². The summed E-state index contributed by atoms with van der Waals surface area (Å²) in [5.41, 5.74) is 0. The molecule has 1 unspecified atom stereocenters. The molecule has 1 heterocycles. The van der Waals surface area contributed by atoms with Crippen LogP contribution in [0.4, 0.5) is 4.39 Å². The Morgan fingerprint density at radius 3 is 3.00 bits per heavy atom. The van der Waals surface area contributed by atoms with Crippen molar-refractivity contribution in [2.45, 2.75) is 32.5 Å². The van der Waals surface area contributed by atoms with Crippen LogP contribution in [-0.4, -0.2) is 9.55 Å². The molecule has 0 aliphatic carbocycles. The summed E-state index contributed by atoms with van der Waals surface area (Å²) in [6, 6.07) is 0. The highest BCUT2D eigenvalue weighted by Gasteiger charge is 2.05. The third kappa shape index (κ3) is 2.33. The van der Waals surface area contributed by atoms with Crippen LogP contribution < -0.4 is 0 Å². The number of imidazole rings is 1. The van der Waals surface area contributed by atoms with Gasteiger partial charge in [0, 0.05) is 12.4 Å². The number of halogens is 1. The van der Waals surface area contributed by atoms with E-state index < -0.39 is 6.30 Å². The van der Waals surface area contributed by atoms with E-state index in [0.29, 0.717) is 6.42 Å². The molecule has 0 bridgehead atoms. The Hall–Kier alpha value is -0.860. The van der Waals surface area contributed by atoms with E-state index in [9.17, 15) is 4.39 Å². The zero-order valence-electron chi connectivity index (χ0n) is 6.70. The highest BCUT2D eigenvalue weighted by molar-refractivity contribution is 4.76. The smallest absolute Gasteiger partial charge is 0.176 e. The quantitative estimate of drug-likeness (QED) is 0.655. The molecular weight excluding hydrogens is 143 g/mol. The van der Waals surface area contributed by atoms with Gasteiger partial charge < -0.3 is 4.57 Å². The molecule has 1 aromatic rings. The van der Waals surface area contributed by atoms with Gasteiger partial charge in [0.2, 0.25) is 0 Å². The fourth-order valence-corrected chi connectivity index (χ4v) is 0.957. The molecule has 1 atom stereocenters. The van der Waals surface area contributed by atoms with Crippen LogP contribution in [0.1, 0.15) is 32.5 Å². The number of alkyl halides is 1. The second-order valence-corrected chi connectivity index (χ2v) is 2.59. The molecule has 62 valence electrons. The summed E-state index contributed by atoms with van der Waals surface area (Å²) in [4.78, 5) is 3.77. The third-order valence-electron chi connectivity index (χ3n) is 1.64. The van der Waals surface area contributed by atoms with Crippen LogP contribution in [0.5, 0.6) is 0 Å². The topological polar surface area (TPSA) is 17.8 Å². The minimum atomic E-state index is -0.891. The fourth-order valence-electron chi connectivity index (χ4n) is 0.957. The number of nitrogens with zero attached hydrogens (tertiary/aromatic N) is 2. The van der Waals surface area contributed by atoms with Gasteiger partial charge >= 0.3 is 0 Å². The molecule has 0 saturated carbocycles. The maximum Gasteiger partial charge on any atom is 0.176 e. The molecule has 0 N–H and O–H groups in total. The van der Waals surface area contributed by atoms with E-state index in [2.05, 4.69) is 11.9 Å². The molecule has 0 aromatic carbocycles. The molecule has 0 spiro atoms. The molecule has 3 heteroatoms. The van der Waals surface area contributed by atoms with Crippen molar-refractivity contribution < 1.29 is 4.39 Å². The van der Waals surface area contributed by atoms with E-state index in [0.717, 1.165) is 12.8 Å². The van der Waals surface area contributed by atoms with Crippen LogP contribution in [0, 0.1) is 0 Å². The monoisotopic (exact) mass is 156 g/mol. The van der Waals surface area contributed by atoms with Gasteiger partial charge in [-0.15, -0.1) is 0 Å². The van der Waals surface area contributed by atoms with E-state index in [4.69, 9.17) is 0 Å². The van der Waals surface area contributed by atoms with Gasteiger partial charge in [0.1, 0.15) is 0 Å². The van der Waals surface area contributed by atoms with Crippen molar-refractivity contribution in [1.29, 1.82) is 0 Å². The summed E-state index contributed by atoms with van der Waals surface area (Å²) >= 11 is 0. The van der Waals surface area contributed by atoms with E-state index in [1.807, 2.05) is 0 Å². The summed E-state index contributed by atoms with van der Waals surface area (Å²) in [6.45, 7) is 2.06. The van der Waals surface area contributed by atoms with Gasteiger partial charge in [0.05, 0.1) is 6.33 Å². The van der Waals surface area contributed by atoms with Gasteiger partial charge in [-0.25, -0.2) is 9.37 Å². The fraction of sp³-hybridized carbons (Fsp3) is 0.625. The molecule has 11 heavy (non-hydrogen) atoms. The molecule has 0 amide bonds. The normalized spacial score (nSPS) is 13.3. The molecule has 1 rings (SSSR count). The lowest BCUT2D eigenvalue weighted by atomic mass is 10.2. The van der Waals surface area contributed by atoms with Gasteiger partial charge in [-0.3, -0.25) is 0 Å². The second-order valence-electron chi connectivity index (χ2n) is 2.59. The highest BCUT2D eigenvalue weighted by atomic mass is 19.1. The maximum absolute atomic E-state index is 13.1. The van der Waals surface area contributed by atoms with Crippen LogP contribution in [-0.2, 0) is 0 Å². The first-order valence-electron chi connectivity index (χ1n) is 3.96. The third-order valence-corrected chi connectivity index (χ3v) is 1.64. The zero-order chi connectivity index (χ0) is 8.10. The van der Waals surface area contributed by atoms with Crippen molar-refractivity contribution in [2.75, 3.05) is 0 Å². The Kier molecular flexibility index (Phi) is 3.08. The van der Waals surface area contributed by atoms with Crippen molar-refractivity contribution in [3.8, 4) is 0 Å². The lowest BCUT2D eigenvalue weighted by Crippen LogP contribution is -1.99. The highest BCUT2D eigenvalue weighted by Crippen LogP contribution is 2.15. The van der Waals surface area contributed by atoms with Crippen LogP contribution in [0.15, 0.2) is 18.7 Å². The first kappa shape index (κ1) is 8.24. The molecule has 1 aromatic heterocycles. The second kappa shape index (κ2) is 4.11. The van der Waals surface area contributed by atoms with Crippen molar-refractivity contribution in [3.05, 3.63) is 18.7 Å². The van der Waals surface area contributed by atoms with E-state index in [-0.39, 0.29) is 0 Å². The largest absolute Gasteiger partial charge is 0.307 e. The van der Waals surface area contributed by atoms with Crippen molar-refractivity contribution in [2.24, 2.45) is 0 Å². The molecule has 0 fully saturated rings. The van der Waals surface area contributed by atoms with Gasteiger partial charge in [-0.05, 0) is 12.8 Å². The van der Waals surface area contributed by atoms with Crippen molar-refractivity contribution in [3.63, 3.8) is 0 Å². The number of hydrogen-bond donors (Lipinski definition) is 0. The lowest BCUT2D eigenvalue weighted by Gasteiger charge is -2.07. The maximum atomic E-state index is 13.1. The number of aromatic nitrogens is 2. The Morgan fingerprint density at radius 1 is 1.64 bits per heavy atom. The lowest BCUT2D eigenvalue weighted by molar-refractivity contribution is 0.219. The summed E-state index contributed by atoms with van der Waals surface area (Å²) in [6.07, 6.45) is 6.43. The SMILES string of the molecule is CCCCC(F)n1ccnc1. The minimum Gasteiger partial charge on any atom is -0.307 e. The predicted molar refractivity (Wildman–Crippen MR) is 41.9 cm³/mol. The van der Waals surface area contributed by atoms with Crippen LogP contribution >= 0.6 is 0 Å². The Morgan fingerprint density at radius 2 is 2.45 bits per heavy atom. The molecule has 0 aliphatic heterocycles. The van der Waals surface area contributed by atoms with Gasteiger partial charge in [0.15, 0.2) is 6.30 Å². The standard InChI is InChI=1S/C8H13FN2/c1-2-3-4-8(9)11-6-5-10-7-11/h5-8H,2-4H2,1H3. The van der Waals surface area contributed by atoms with Crippen molar-refractivity contribution in [1.82, 2.24) is 9.55 Å². The summed E-state index contributed by atoms with van der Waals surface area (Å²) < 4.78 is 14.6. The van der Waals surface area contributed by atoms with Crippen LogP contribution in [0.2, 0.25) is 0 Å². The van der Waals surface area contributed by atoms with Crippen LogP contribution in [0.25, 0.3) is 0 Å². The first-order chi connectivity index (χ1) is 5.34. The number of hydrogen-bond acceptors (Lipinski definition) is 1. The Balaban J connectivity index is 2.36.